The molecule has 0 saturated carbocycles. The third-order valence-corrected chi connectivity index (χ3v) is 6.99. The van der Waals surface area contributed by atoms with Gasteiger partial charge >= 0.3 is 6.09 Å². The number of ether oxygens (including phenoxy) is 1. The van der Waals surface area contributed by atoms with E-state index in [1.54, 1.807) is 49.9 Å². The van der Waals surface area contributed by atoms with Crippen molar-refractivity contribution in [1.82, 2.24) is 10.2 Å². The normalized spacial score (nSPS) is 12.4. The summed E-state index contributed by atoms with van der Waals surface area (Å²) in [5.41, 5.74) is 3.92. The van der Waals surface area contributed by atoms with Crippen molar-refractivity contribution in [2.75, 3.05) is 11.9 Å². The van der Waals surface area contributed by atoms with Crippen LogP contribution in [0.25, 0.3) is 0 Å². The van der Waals surface area contributed by atoms with Crippen LogP contribution in [0.3, 0.4) is 0 Å². The van der Waals surface area contributed by atoms with Crippen LogP contribution in [0.15, 0.2) is 72.8 Å². The molecular weight excluding hydrogens is 538 g/mol. The summed E-state index contributed by atoms with van der Waals surface area (Å²) in [7, 11) is 0. The van der Waals surface area contributed by atoms with Crippen LogP contribution in [0.5, 0.6) is 0 Å². The van der Waals surface area contributed by atoms with Crippen LogP contribution in [0.2, 0.25) is 0 Å². The van der Waals surface area contributed by atoms with E-state index in [1.807, 2.05) is 69.3 Å². The average molecular weight is 582 g/mol. The van der Waals surface area contributed by atoms with Crippen molar-refractivity contribution in [3.05, 3.63) is 101 Å². The molecule has 0 aliphatic rings. The number of benzene rings is 3. The van der Waals surface area contributed by atoms with E-state index in [1.165, 1.54) is 0 Å². The first-order valence-corrected chi connectivity index (χ1v) is 14.7. The Hall–Kier alpha value is -4.57. The van der Waals surface area contributed by atoms with Gasteiger partial charge in [-0.2, -0.15) is 0 Å². The SMILES string of the molecule is C#Cc1ccc(C(C(=O)Nc2c(C)cccc2C)N(CCCC)C(=O)C(Cc2ccccc2)NC(=O)OC(C)(C)C)cc1. The van der Waals surface area contributed by atoms with Crippen LogP contribution < -0.4 is 10.6 Å². The minimum absolute atomic E-state index is 0.225. The molecule has 7 nitrogen and oxygen atoms in total. The Kier molecular flexibility index (Phi) is 11.5. The number of hydrogen-bond acceptors (Lipinski definition) is 4. The molecule has 3 rings (SSSR count). The predicted molar refractivity (Wildman–Crippen MR) is 172 cm³/mol. The number of amides is 3. The molecule has 2 unspecified atom stereocenters. The molecule has 0 aliphatic heterocycles. The van der Waals surface area contributed by atoms with Gasteiger partial charge in [0, 0.05) is 24.2 Å². The van der Waals surface area contributed by atoms with E-state index in [2.05, 4.69) is 16.6 Å². The maximum atomic E-state index is 14.5. The van der Waals surface area contributed by atoms with E-state index in [4.69, 9.17) is 11.2 Å². The Bertz CT molecular complexity index is 1420. The molecule has 0 radical (unpaired) electrons. The molecule has 3 aromatic rings. The van der Waals surface area contributed by atoms with Crippen molar-refractivity contribution >= 4 is 23.6 Å². The molecule has 3 aromatic carbocycles. The molecule has 0 heterocycles. The molecule has 3 amide bonds. The van der Waals surface area contributed by atoms with Crippen molar-refractivity contribution < 1.29 is 19.1 Å². The lowest BCUT2D eigenvalue weighted by Gasteiger charge is -2.35. The topological polar surface area (TPSA) is 87.7 Å². The first kappa shape index (κ1) is 32.9. The highest BCUT2D eigenvalue weighted by Crippen LogP contribution is 2.28. The number of unbranched alkanes of at least 4 members (excludes halogenated alkanes) is 1. The molecule has 0 fully saturated rings. The number of aryl methyl sites for hydroxylation is 2. The molecule has 7 heteroatoms. The third kappa shape index (κ3) is 9.47. The number of hydrogen-bond donors (Lipinski definition) is 2. The summed E-state index contributed by atoms with van der Waals surface area (Å²) in [6.45, 7) is 11.5. The number of carbonyl (C=O) groups is 3. The highest BCUT2D eigenvalue weighted by Gasteiger charge is 2.36. The second kappa shape index (κ2) is 15.1. The Morgan fingerprint density at radius 2 is 1.56 bits per heavy atom. The molecule has 0 aliphatic carbocycles. The summed E-state index contributed by atoms with van der Waals surface area (Å²) < 4.78 is 5.52. The van der Waals surface area contributed by atoms with Gasteiger partial charge in [-0.15, -0.1) is 6.42 Å². The quantitative estimate of drug-likeness (QED) is 0.246. The highest BCUT2D eigenvalue weighted by atomic mass is 16.6. The van der Waals surface area contributed by atoms with Gasteiger partial charge in [0.2, 0.25) is 5.91 Å². The Morgan fingerprint density at radius 1 is 0.930 bits per heavy atom. The third-order valence-electron chi connectivity index (χ3n) is 6.99. The largest absolute Gasteiger partial charge is 0.444 e. The lowest BCUT2D eigenvalue weighted by Crippen LogP contribution is -2.53. The number of para-hydroxylation sites is 1. The second-order valence-electron chi connectivity index (χ2n) is 11.7. The van der Waals surface area contributed by atoms with Crippen LogP contribution in [0.1, 0.15) is 74.4 Å². The number of terminal acetylenes is 1. The van der Waals surface area contributed by atoms with E-state index < -0.39 is 23.8 Å². The Balaban J connectivity index is 2.09. The Morgan fingerprint density at radius 3 is 2.12 bits per heavy atom. The smallest absolute Gasteiger partial charge is 0.408 e. The van der Waals surface area contributed by atoms with Gasteiger partial charge < -0.3 is 20.3 Å². The number of alkyl carbamates (subject to hydrolysis) is 1. The summed E-state index contributed by atoms with van der Waals surface area (Å²) >= 11 is 0. The summed E-state index contributed by atoms with van der Waals surface area (Å²) in [4.78, 5) is 43.3. The highest BCUT2D eigenvalue weighted by molar-refractivity contribution is 6.00. The van der Waals surface area contributed by atoms with Crippen molar-refractivity contribution in [3.63, 3.8) is 0 Å². The van der Waals surface area contributed by atoms with Gasteiger partial charge in [0.1, 0.15) is 17.7 Å². The van der Waals surface area contributed by atoms with Crippen molar-refractivity contribution in [2.45, 2.75) is 78.5 Å². The molecule has 0 saturated heterocycles. The average Bonchev–Trinajstić information content (AvgIpc) is 2.96. The fourth-order valence-corrected chi connectivity index (χ4v) is 4.83. The second-order valence-corrected chi connectivity index (χ2v) is 11.7. The Labute approximate surface area is 256 Å². The van der Waals surface area contributed by atoms with Gasteiger partial charge in [-0.1, -0.05) is 79.9 Å². The summed E-state index contributed by atoms with van der Waals surface area (Å²) in [5, 5.41) is 5.89. The zero-order chi connectivity index (χ0) is 31.6. The van der Waals surface area contributed by atoms with Crippen molar-refractivity contribution in [3.8, 4) is 12.3 Å². The molecule has 226 valence electrons. The number of carbonyl (C=O) groups excluding carboxylic acids is 3. The van der Waals surface area contributed by atoms with E-state index >= 15 is 0 Å². The van der Waals surface area contributed by atoms with E-state index in [9.17, 15) is 14.4 Å². The van der Waals surface area contributed by atoms with Crippen LogP contribution in [-0.2, 0) is 20.7 Å². The maximum Gasteiger partial charge on any atom is 0.408 e. The van der Waals surface area contributed by atoms with Gasteiger partial charge in [0.05, 0.1) is 0 Å². The molecule has 0 aromatic heterocycles. The zero-order valence-electron chi connectivity index (χ0n) is 26.1. The standard InChI is InChI=1S/C36H43N3O4/c1-8-10-23-39(34(41)30(24-28-17-12-11-13-18-28)37-35(42)43-36(5,6)7)32(29-21-19-27(9-2)20-22-29)33(40)38-31-25(3)15-14-16-26(31)4/h2,11-22,30,32H,8,10,23-24H2,1,3-7H3,(H,37,42)(H,38,40). The van der Waals surface area contributed by atoms with Crippen LogP contribution in [-0.4, -0.2) is 41.0 Å². The van der Waals surface area contributed by atoms with E-state index in [-0.39, 0.29) is 18.2 Å². The number of nitrogens with one attached hydrogen (secondary N) is 2. The summed E-state index contributed by atoms with van der Waals surface area (Å²) in [5.74, 6) is 1.87. The summed E-state index contributed by atoms with van der Waals surface area (Å²) in [6, 6.07) is 20.4. The predicted octanol–water partition coefficient (Wildman–Crippen LogP) is 6.73. The van der Waals surface area contributed by atoms with Crippen molar-refractivity contribution in [1.29, 1.82) is 0 Å². The van der Waals surface area contributed by atoms with E-state index in [0.717, 1.165) is 23.1 Å². The summed E-state index contributed by atoms with van der Waals surface area (Å²) in [6.07, 6.45) is 6.58. The van der Waals surface area contributed by atoms with Gasteiger partial charge in [-0.3, -0.25) is 9.59 Å². The number of rotatable bonds is 11. The van der Waals surface area contributed by atoms with Gasteiger partial charge in [-0.25, -0.2) is 4.79 Å². The van der Waals surface area contributed by atoms with E-state index in [0.29, 0.717) is 29.8 Å². The number of nitrogens with zero attached hydrogens (tertiary/aromatic N) is 1. The molecule has 43 heavy (non-hydrogen) atoms. The molecule has 0 bridgehead atoms. The lowest BCUT2D eigenvalue weighted by molar-refractivity contribution is -0.140. The first-order valence-electron chi connectivity index (χ1n) is 14.7. The lowest BCUT2D eigenvalue weighted by atomic mass is 9.98. The fraction of sp³-hybridized carbons (Fsp3) is 0.361. The van der Waals surface area contributed by atoms with Gasteiger partial charge in [0.25, 0.3) is 5.91 Å². The van der Waals surface area contributed by atoms with Crippen LogP contribution in [0, 0.1) is 26.2 Å². The number of anilines is 1. The molecular formula is C36H43N3O4. The van der Waals surface area contributed by atoms with Gasteiger partial charge in [-0.05, 0) is 75.4 Å². The molecule has 2 N–H and O–H groups in total. The minimum atomic E-state index is -0.983. The fourth-order valence-electron chi connectivity index (χ4n) is 4.83. The maximum absolute atomic E-state index is 14.5. The van der Waals surface area contributed by atoms with Crippen LogP contribution >= 0.6 is 0 Å². The first-order chi connectivity index (χ1) is 20.4. The van der Waals surface area contributed by atoms with Crippen LogP contribution in [0.4, 0.5) is 10.5 Å². The monoisotopic (exact) mass is 581 g/mol. The minimum Gasteiger partial charge on any atom is -0.444 e. The van der Waals surface area contributed by atoms with Crippen molar-refractivity contribution in [2.24, 2.45) is 0 Å². The molecule has 0 spiro atoms. The van der Waals surface area contributed by atoms with Gasteiger partial charge in [0.15, 0.2) is 0 Å². The zero-order valence-corrected chi connectivity index (χ0v) is 26.1. The molecule has 2 atom stereocenters.